The molecule has 0 aliphatic rings. The summed E-state index contributed by atoms with van der Waals surface area (Å²) in [6.07, 6.45) is 5.26. The fraction of sp³-hybridized carbons (Fsp3) is 0.333. The van der Waals surface area contributed by atoms with E-state index < -0.39 is 0 Å². The smallest absolute Gasteiger partial charge is 0.0598 e. The first-order valence-corrected chi connectivity index (χ1v) is 5.82. The lowest BCUT2D eigenvalue weighted by Crippen LogP contribution is -2.13. The number of halogens is 2. The molecule has 0 unspecified atom stereocenters. The van der Waals surface area contributed by atoms with E-state index in [0.717, 1.165) is 25.1 Å². The van der Waals surface area contributed by atoms with Crippen molar-refractivity contribution in [1.82, 2.24) is 5.32 Å². The molecule has 1 aromatic rings. The summed E-state index contributed by atoms with van der Waals surface area (Å²) in [6.45, 7) is 4.08. The highest BCUT2D eigenvalue weighted by molar-refractivity contribution is 6.42. The second-order valence-corrected chi connectivity index (χ2v) is 4.09. The Morgan fingerprint density at radius 1 is 1.27 bits per heavy atom. The van der Waals surface area contributed by atoms with Gasteiger partial charge >= 0.3 is 0 Å². The monoisotopic (exact) mass is 243 g/mol. The van der Waals surface area contributed by atoms with Gasteiger partial charge in [-0.3, -0.25) is 0 Å². The van der Waals surface area contributed by atoms with E-state index in [4.69, 9.17) is 23.2 Å². The highest BCUT2D eigenvalue weighted by Gasteiger charge is 1.95. The van der Waals surface area contributed by atoms with Crippen molar-refractivity contribution < 1.29 is 0 Å². The van der Waals surface area contributed by atoms with Gasteiger partial charge in [0.15, 0.2) is 0 Å². The number of nitrogens with one attached hydrogen (secondary N) is 1. The molecule has 0 bridgehead atoms. The zero-order valence-electron chi connectivity index (χ0n) is 8.76. The molecule has 0 heterocycles. The van der Waals surface area contributed by atoms with Crippen LogP contribution in [0.2, 0.25) is 10.0 Å². The van der Waals surface area contributed by atoms with Crippen LogP contribution < -0.4 is 5.32 Å². The number of rotatable bonds is 5. The van der Waals surface area contributed by atoms with Crippen LogP contribution in [0.1, 0.15) is 18.9 Å². The van der Waals surface area contributed by atoms with Crippen molar-refractivity contribution in [2.75, 3.05) is 13.1 Å². The van der Waals surface area contributed by atoms with E-state index >= 15 is 0 Å². The van der Waals surface area contributed by atoms with Gasteiger partial charge in [-0.15, -0.1) is 0 Å². The Bertz CT molecular complexity index is 334. The molecule has 1 nitrogen and oxygen atoms in total. The van der Waals surface area contributed by atoms with Crippen LogP contribution in [0, 0.1) is 0 Å². The minimum absolute atomic E-state index is 0.595. The Hall–Kier alpha value is -0.500. The van der Waals surface area contributed by atoms with Gasteiger partial charge in [0.25, 0.3) is 0 Å². The first-order valence-electron chi connectivity index (χ1n) is 5.06. The van der Waals surface area contributed by atoms with Crippen molar-refractivity contribution in [1.29, 1.82) is 0 Å². The zero-order valence-corrected chi connectivity index (χ0v) is 10.3. The van der Waals surface area contributed by atoms with Crippen molar-refractivity contribution in [3.8, 4) is 0 Å². The van der Waals surface area contributed by atoms with Gasteiger partial charge in [-0.1, -0.05) is 48.3 Å². The average Bonchev–Trinajstić information content (AvgIpc) is 2.23. The van der Waals surface area contributed by atoms with Crippen molar-refractivity contribution in [2.24, 2.45) is 0 Å². The van der Waals surface area contributed by atoms with Crippen LogP contribution in [0.5, 0.6) is 0 Å². The van der Waals surface area contributed by atoms with Gasteiger partial charge in [-0.2, -0.15) is 0 Å². The molecule has 0 amide bonds. The first kappa shape index (κ1) is 12.6. The maximum atomic E-state index is 5.89. The topological polar surface area (TPSA) is 12.0 Å². The van der Waals surface area contributed by atoms with Gasteiger partial charge in [0, 0.05) is 6.54 Å². The third-order valence-corrected chi connectivity index (χ3v) is 2.68. The molecule has 0 fully saturated rings. The summed E-state index contributed by atoms with van der Waals surface area (Å²) in [4.78, 5) is 0. The number of hydrogen-bond acceptors (Lipinski definition) is 1. The molecule has 0 aliphatic carbocycles. The van der Waals surface area contributed by atoms with Crippen LogP contribution in [0.25, 0.3) is 6.08 Å². The standard InChI is InChI=1S/C12H15Cl2N/c1-2-7-15-8-3-4-10-5-6-11(13)12(14)9-10/h3-6,9,15H,2,7-8H2,1H3. The molecule has 3 heteroatoms. The van der Waals surface area contributed by atoms with Gasteiger partial charge in [0.2, 0.25) is 0 Å². The lowest BCUT2D eigenvalue weighted by atomic mass is 10.2. The Balaban J connectivity index is 2.46. The Kier molecular flexibility index (Phi) is 5.77. The summed E-state index contributed by atoms with van der Waals surface area (Å²) in [5.41, 5.74) is 1.07. The maximum absolute atomic E-state index is 5.89. The maximum Gasteiger partial charge on any atom is 0.0598 e. The molecule has 1 N–H and O–H groups in total. The van der Waals surface area contributed by atoms with Crippen LogP contribution in [0.15, 0.2) is 24.3 Å². The fourth-order valence-corrected chi connectivity index (χ4v) is 1.48. The van der Waals surface area contributed by atoms with E-state index in [2.05, 4.69) is 18.3 Å². The van der Waals surface area contributed by atoms with Gasteiger partial charge in [0.1, 0.15) is 0 Å². The SMILES string of the molecule is CCCNCC=Cc1ccc(Cl)c(Cl)c1. The molecular formula is C12H15Cl2N. The summed E-state index contributed by atoms with van der Waals surface area (Å²) >= 11 is 11.7. The average molecular weight is 244 g/mol. The molecule has 82 valence electrons. The summed E-state index contributed by atoms with van der Waals surface area (Å²) in [7, 11) is 0. The lowest BCUT2D eigenvalue weighted by molar-refractivity contribution is 0.730. The predicted octanol–water partition coefficient (Wildman–Crippen LogP) is 4.01. The van der Waals surface area contributed by atoms with Gasteiger partial charge in [-0.25, -0.2) is 0 Å². The second-order valence-electron chi connectivity index (χ2n) is 3.28. The summed E-state index contributed by atoms with van der Waals surface area (Å²) in [5, 5.41) is 4.48. The third kappa shape index (κ3) is 4.70. The van der Waals surface area contributed by atoms with Crippen molar-refractivity contribution in [3.05, 3.63) is 39.9 Å². The summed E-state index contributed by atoms with van der Waals surface area (Å²) in [6, 6.07) is 5.62. The van der Waals surface area contributed by atoms with Gasteiger partial charge in [-0.05, 0) is 30.7 Å². The molecule has 0 aromatic heterocycles. The molecule has 0 spiro atoms. The molecule has 15 heavy (non-hydrogen) atoms. The molecule has 0 atom stereocenters. The Morgan fingerprint density at radius 2 is 2.07 bits per heavy atom. The van der Waals surface area contributed by atoms with E-state index in [1.165, 1.54) is 0 Å². The molecule has 0 saturated carbocycles. The molecular weight excluding hydrogens is 229 g/mol. The molecule has 0 aliphatic heterocycles. The normalized spacial score (nSPS) is 11.1. The minimum atomic E-state index is 0.595. The van der Waals surface area contributed by atoms with Crippen LogP contribution in [0.3, 0.4) is 0 Å². The predicted molar refractivity (Wildman–Crippen MR) is 68.7 cm³/mol. The Morgan fingerprint density at radius 3 is 2.73 bits per heavy atom. The lowest BCUT2D eigenvalue weighted by Gasteiger charge is -1.98. The van der Waals surface area contributed by atoms with E-state index in [-0.39, 0.29) is 0 Å². The van der Waals surface area contributed by atoms with Gasteiger partial charge in [0.05, 0.1) is 10.0 Å². The highest BCUT2D eigenvalue weighted by Crippen LogP contribution is 2.22. The molecule has 1 rings (SSSR count). The first-order chi connectivity index (χ1) is 7.24. The second kappa shape index (κ2) is 6.89. The Labute approximate surface area is 101 Å². The van der Waals surface area contributed by atoms with Crippen LogP contribution in [-0.4, -0.2) is 13.1 Å². The minimum Gasteiger partial charge on any atom is -0.313 e. The third-order valence-electron chi connectivity index (χ3n) is 1.94. The quantitative estimate of drug-likeness (QED) is 0.772. The molecule has 1 aromatic carbocycles. The van der Waals surface area contributed by atoms with Crippen LogP contribution in [0.4, 0.5) is 0 Å². The fourth-order valence-electron chi connectivity index (χ4n) is 1.17. The van der Waals surface area contributed by atoms with Crippen molar-refractivity contribution >= 4 is 29.3 Å². The van der Waals surface area contributed by atoms with Crippen molar-refractivity contribution in [2.45, 2.75) is 13.3 Å². The van der Waals surface area contributed by atoms with Gasteiger partial charge < -0.3 is 5.32 Å². The van der Waals surface area contributed by atoms with Crippen LogP contribution >= 0.6 is 23.2 Å². The summed E-state index contributed by atoms with van der Waals surface area (Å²) in [5.74, 6) is 0. The number of hydrogen-bond donors (Lipinski definition) is 1. The zero-order chi connectivity index (χ0) is 11.1. The highest BCUT2D eigenvalue weighted by atomic mass is 35.5. The number of benzene rings is 1. The molecule has 0 saturated heterocycles. The van der Waals surface area contributed by atoms with Crippen molar-refractivity contribution in [3.63, 3.8) is 0 Å². The van der Waals surface area contributed by atoms with E-state index in [9.17, 15) is 0 Å². The molecule has 0 radical (unpaired) electrons. The summed E-state index contributed by atoms with van der Waals surface area (Å²) < 4.78 is 0. The van der Waals surface area contributed by atoms with E-state index in [1.807, 2.05) is 24.3 Å². The van der Waals surface area contributed by atoms with E-state index in [1.54, 1.807) is 0 Å². The van der Waals surface area contributed by atoms with E-state index in [0.29, 0.717) is 10.0 Å². The largest absolute Gasteiger partial charge is 0.313 e. The van der Waals surface area contributed by atoms with Crippen LogP contribution in [-0.2, 0) is 0 Å².